The van der Waals surface area contributed by atoms with Crippen molar-refractivity contribution in [3.05, 3.63) is 17.5 Å². The monoisotopic (exact) mass is 222 g/mol. The molecule has 0 aliphatic rings. The zero-order valence-corrected chi connectivity index (χ0v) is 8.01. The number of halogens is 3. The van der Waals surface area contributed by atoms with Crippen molar-refractivity contribution >= 4 is 5.97 Å². The molecule has 0 aliphatic heterocycles. The molecular weight excluding hydrogens is 213 g/mol. The number of hydrogen-bond donors (Lipinski definition) is 2. The van der Waals surface area contributed by atoms with Crippen LogP contribution >= 0.6 is 0 Å². The van der Waals surface area contributed by atoms with E-state index in [0.29, 0.717) is 0 Å². The second-order valence-corrected chi connectivity index (χ2v) is 3.59. The standard InChI is InChI=1S/C8H9F3N2O2/c1-7(2,6(14)15)4-3-12-13-5(4)8(9,10)11/h3H,1-2H3,(H,12,13)(H,14,15). The number of carbonyl (C=O) groups is 1. The second kappa shape index (κ2) is 3.25. The van der Waals surface area contributed by atoms with Crippen LogP contribution in [-0.4, -0.2) is 21.3 Å². The van der Waals surface area contributed by atoms with Gasteiger partial charge in [0.2, 0.25) is 0 Å². The summed E-state index contributed by atoms with van der Waals surface area (Å²) in [7, 11) is 0. The maximum absolute atomic E-state index is 12.4. The first-order chi connectivity index (χ1) is 6.67. The van der Waals surface area contributed by atoms with Crippen molar-refractivity contribution in [2.24, 2.45) is 0 Å². The Morgan fingerprint density at radius 3 is 2.40 bits per heavy atom. The van der Waals surface area contributed by atoms with Gasteiger partial charge >= 0.3 is 12.1 Å². The van der Waals surface area contributed by atoms with E-state index < -0.39 is 23.3 Å². The van der Waals surface area contributed by atoms with Crippen LogP contribution in [0.15, 0.2) is 6.20 Å². The van der Waals surface area contributed by atoms with E-state index in [1.807, 2.05) is 0 Å². The maximum Gasteiger partial charge on any atom is 0.433 e. The third-order valence-corrected chi connectivity index (χ3v) is 2.13. The highest BCUT2D eigenvalue weighted by Crippen LogP contribution is 2.35. The van der Waals surface area contributed by atoms with Gasteiger partial charge in [0.05, 0.1) is 11.6 Å². The van der Waals surface area contributed by atoms with Crippen LogP contribution in [0.5, 0.6) is 0 Å². The van der Waals surface area contributed by atoms with E-state index >= 15 is 0 Å². The van der Waals surface area contributed by atoms with Gasteiger partial charge in [0.25, 0.3) is 0 Å². The van der Waals surface area contributed by atoms with Gasteiger partial charge in [-0.05, 0) is 13.8 Å². The number of aliphatic carboxylic acids is 1. The van der Waals surface area contributed by atoms with Crippen molar-refractivity contribution in [2.45, 2.75) is 25.4 Å². The first-order valence-corrected chi connectivity index (χ1v) is 4.02. The second-order valence-electron chi connectivity index (χ2n) is 3.59. The normalized spacial score (nSPS) is 12.9. The lowest BCUT2D eigenvalue weighted by atomic mass is 9.85. The first-order valence-electron chi connectivity index (χ1n) is 4.02. The molecule has 0 bridgehead atoms. The Balaban J connectivity index is 3.28. The Kier molecular flexibility index (Phi) is 2.50. The molecule has 7 heteroatoms. The number of aromatic amines is 1. The topological polar surface area (TPSA) is 66.0 Å². The third kappa shape index (κ3) is 1.95. The van der Waals surface area contributed by atoms with E-state index in [1.54, 1.807) is 5.10 Å². The summed E-state index contributed by atoms with van der Waals surface area (Å²) in [4.78, 5) is 10.8. The first kappa shape index (κ1) is 11.5. The van der Waals surface area contributed by atoms with Crippen molar-refractivity contribution in [1.82, 2.24) is 10.2 Å². The van der Waals surface area contributed by atoms with E-state index in [-0.39, 0.29) is 5.56 Å². The van der Waals surface area contributed by atoms with Crippen molar-refractivity contribution in [3.8, 4) is 0 Å². The molecule has 1 heterocycles. The number of aromatic nitrogens is 2. The number of hydrogen-bond acceptors (Lipinski definition) is 2. The van der Waals surface area contributed by atoms with Gasteiger partial charge in [-0.1, -0.05) is 0 Å². The largest absolute Gasteiger partial charge is 0.481 e. The molecule has 0 spiro atoms. The molecule has 0 saturated heterocycles. The molecule has 0 radical (unpaired) electrons. The van der Waals surface area contributed by atoms with Gasteiger partial charge in [0, 0.05) is 5.56 Å². The highest BCUT2D eigenvalue weighted by atomic mass is 19.4. The Morgan fingerprint density at radius 1 is 1.47 bits per heavy atom. The lowest BCUT2D eigenvalue weighted by Gasteiger charge is -2.19. The molecule has 0 amide bonds. The van der Waals surface area contributed by atoms with E-state index in [9.17, 15) is 18.0 Å². The number of carboxylic acids is 1. The number of nitrogens with one attached hydrogen (secondary N) is 1. The molecule has 4 nitrogen and oxygen atoms in total. The fourth-order valence-corrected chi connectivity index (χ4v) is 1.09. The molecule has 2 N–H and O–H groups in total. The predicted molar refractivity (Wildman–Crippen MR) is 44.3 cm³/mol. The van der Waals surface area contributed by atoms with Crippen LogP contribution in [0.2, 0.25) is 0 Å². The quantitative estimate of drug-likeness (QED) is 0.801. The smallest absolute Gasteiger partial charge is 0.433 e. The van der Waals surface area contributed by atoms with Crippen LogP contribution in [0.25, 0.3) is 0 Å². The highest BCUT2D eigenvalue weighted by Gasteiger charge is 2.42. The van der Waals surface area contributed by atoms with Gasteiger partial charge in [-0.15, -0.1) is 0 Å². The van der Waals surface area contributed by atoms with Crippen LogP contribution in [0.4, 0.5) is 13.2 Å². The maximum atomic E-state index is 12.4. The molecule has 84 valence electrons. The summed E-state index contributed by atoms with van der Waals surface area (Å²) >= 11 is 0. The van der Waals surface area contributed by atoms with E-state index in [4.69, 9.17) is 5.11 Å². The van der Waals surface area contributed by atoms with Gasteiger partial charge in [-0.25, -0.2) is 0 Å². The highest BCUT2D eigenvalue weighted by molar-refractivity contribution is 5.80. The minimum Gasteiger partial charge on any atom is -0.481 e. The Hall–Kier alpha value is -1.53. The summed E-state index contributed by atoms with van der Waals surface area (Å²) in [5.74, 6) is -1.34. The number of carboxylic acid groups (broad SMARTS) is 1. The SMILES string of the molecule is CC(C)(C(=O)O)c1cn[nH]c1C(F)(F)F. The third-order valence-electron chi connectivity index (χ3n) is 2.13. The minimum atomic E-state index is -4.63. The molecule has 0 aromatic carbocycles. The molecule has 0 unspecified atom stereocenters. The van der Waals surface area contributed by atoms with Crippen LogP contribution in [0.3, 0.4) is 0 Å². The predicted octanol–water partition coefficient (Wildman–Crippen LogP) is 1.79. The van der Waals surface area contributed by atoms with Crippen LogP contribution < -0.4 is 0 Å². The number of H-pyrrole nitrogens is 1. The molecule has 0 aliphatic carbocycles. The molecule has 0 fully saturated rings. The van der Waals surface area contributed by atoms with Crippen molar-refractivity contribution < 1.29 is 23.1 Å². The lowest BCUT2D eigenvalue weighted by molar-refractivity contribution is -0.146. The van der Waals surface area contributed by atoms with E-state index in [0.717, 1.165) is 6.20 Å². The molecule has 1 aromatic heterocycles. The fraction of sp³-hybridized carbons (Fsp3) is 0.500. The van der Waals surface area contributed by atoms with E-state index in [1.165, 1.54) is 13.8 Å². The average molecular weight is 222 g/mol. The Morgan fingerprint density at radius 2 is 2.00 bits per heavy atom. The lowest BCUT2D eigenvalue weighted by Crippen LogP contribution is -2.30. The summed E-state index contributed by atoms with van der Waals surface area (Å²) in [5, 5.41) is 13.8. The summed E-state index contributed by atoms with van der Waals surface area (Å²) in [5.41, 5.74) is -3.12. The van der Waals surface area contributed by atoms with Crippen molar-refractivity contribution in [2.75, 3.05) is 0 Å². The zero-order chi connectivity index (χ0) is 11.9. The summed E-state index contributed by atoms with van der Waals surface area (Å²) in [6, 6.07) is 0. The Labute approximate surface area is 83.1 Å². The molecule has 15 heavy (non-hydrogen) atoms. The van der Waals surface area contributed by atoms with Crippen molar-refractivity contribution in [3.63, 3.8) is 0 Å². The summed E-state index contributed by atoms with van der Waals surface area (Å²) < 4.78 is 37.2. The van der Waals surface area contributed by atoms with Gasteiger partial charge in [0.15, 0.2) is 0 Å². The minimum absolute atomic E-state index is 0.373. The fourth-order valence-electron chi connectivity index (χ4n) is 1.09. The molecule has 1 aromatic rings. The van der Waals surface area contributed by atoms with Crippen LogP contribution in [0, 0.1) is 0 Å². The average Bonchev–Trinajstić information content (AvgIpc) is 2.49. The van der Waals surface area contributed by atoms with E-state index in [2.05, 4.69) is 5.10 Å². The van der Waals surface area contributed by atoms with Gasteiger partial charge in [-0.3, -0.25) is 9.89 Å². The molecule has 0 atom stereocenters. The molecule has 1 rings (SSSR count). The van der Waals surface area contributed by atoms with Crippen LogP contribution in [0.1, 0.15) is 25.1 Å². The summed E-state index contributed by atoms with van der Waals surface area (Å²) in [6.45, 7) is 2.38. The van der Waals surface area contributed by atoms with Gasteiger partial charge in [-0.2, -0.15) is 18.3 Å². The van der Waals surface area contributed by atoms with Crippen molar-refractivity contribution in [1.29, 1.82) is 0 Å². The summed E-state index contributed by atoms with van der Waals surface area (Å²) in [6.07, 6.45) is -3.74. The Bertz CT molecular complexity index is 381. The van der Waals surface area contributed by atoms with Gasteiger partial charge < -0.3 is 5.11 Å². The van der Waals surface area contributed by atoms with Gasteiger partial charge in [0.1, 0.15) is 5.69 Å². The molecular formula is C8H9F3N2O2. The number of nitrogens with zero attached hydrogens (tertiary/aromatic N) is 1. The zero-order valence-electron chi connectivity index (χ0n) is 8.01. The number of rotatable bonds is 2. The number of alkyl halides is 3. The molecule has 0 saturated carbocycles. The van der Waals surface area contributed by atoms with Crippen LogP contribution in [-0.2, 0) is 16.4 Å².